The van der Waals surface area contributed by atoms with Gasteiger partial charge in [0.25, 0.3) is 0 Å². The minimum absolute atomic E-state index is 0.0554. The Morgan fingerprint density at radius 2 is 1.95 bits per heavy atom. The van der Waals surface area contributed by atoms with Crippen LogP contribution < -0.4 is 0 Å². The van der Waals surface area contributed by atoms with Crippen molar-refractivity contribution < 1.29 is 9.90 Å². The fourth-order valence-corrected chi connectivity index (χ4v) is 4.72. The number of ketones is 1. The molecule has 0 aliphatic heterocycles. The Bertz CT molecular complexity index is 544. The van der Waals surface area contributed by atoms with Gasteiger partial charge in [0.1, 0.15) is 11.5 Å². The van der Waals surface area contributed by atoms with Crippen molar-refractivity contribution in [1.29, 1.82) is 0 Å². The van der Waals surface area contributed by atoms with Gasteiger partial charge in [-0.3, -0.25) is 4.79 Å². The number of benzene rings is 1. The van der Waals surface area contributed by atoms with Crippen molar-refractivity contribution in [2.45, 2.75) is 51.9 Å². The van der Waals surface area contributed by atoms with Gasteiger partial charge in [-0.2, -0.15) is 0 Å². The van der Waals surface area contributed by atoms with Crippen LogP contribution >= 0.6 is 0 Å². The Morgan fingerprint density at radius 1 is 1.21 bits per heavy atom. The molecule has 1 aromatic carbocycles. The summed E-state index contributed by atoms with van der Waals surface area (Å²) >= 11 is 0. The van der Waals surface area contributed by atoms with E-state index in [0.717, 1.165) is 18.4 Å². The second-order valence-electron chi connectivity index (χ2n) is 7.18. The maximum Gasteiger partial charge on any atom is 0.141 e. The van der Waals surface area contributed by atoms with Crippen LogP contribution in [0.15, 0.2) is 18.2 Å². The monoisotopic (exact) mass is 258 g/mol. The maximum atomic E-state index is 12.6. The maximum absolute atomic E-state index is 12.6. The van der Waals surface area contributed by atoms with Gasteiger partial charge in [-0.15, -0.1) is 0 Å². The second-order valence-corrected chi connectivity index (χ2v) is 7.18. The molecule has 0 aromatic heterocycles. The van der Waals surface area contributed by atoms with Crippen LogP contribution in [0.1, 0.15) is 51.2 Å². The number of fused-ring (bicyclic) bond motifs is 3. The van der Waals surface area contributed by atoms with Gasteiger partial charge in [0.15, 0.2) is 0 Å². The number of hydrogen-bond acceptors (Lipinski definition) is 2. The van der Waals surface area contributed by atoms with E-state index < -0.39 is 0 Å². The smallest absolute Gasteiger partial charge is 0.141 e. The van der Waals surface area contributed by atoms with E-state index in [2.05, 4.69) is 20.8 Å². The summed E-state index contributed by atoms with van der Waals surface area (Å²) in [6.45, 7) is 6.71. The van der Waals surface area contributed by atoms with Crippen LogP contribution in [0, 0.1) is 11.3 Å². The highest BCUT2D eigenvalue weighted by atomic mass is 16.3. The van der Waals surface area contributed by atoms with Crippen molar-refractivity contribution in [3.8, 4) is 5.75 Å². The highest BCUT2D eigenvalue weighted by Crippen LogP contribution is 2.55. The molecule has 0 bridgehead atoms. The van der Waals surface area contributed by atoms with Crippen molar-refractivity contribution in [3.05, 3.63) is 29.3 Å². The van der Waals surface area contributed by atoms with Crippen LogP contribution in [-0.4, -0.2) is 10.9 Å². The van der Waals surface area contributed by atoms with Gasteiger partial charge in [-0.25, -0.2) is 0 Å². The summed E-state index contributed by atoms with van der Waals surface area (Å²) in [5, 5.41) is 9.65. The predicted octanol–water partition coefficient (Wildman–Crippen LogP) is 3.60. The fraction of sp³-hybridized carbons (Fsp3) is 0.588. The van der Waals surface area contributed by atoms with Gasteiger partial charge in [0.05, 0.1) is 0 Å². The van der Waals surface area contributed by atoms with E-state index in [1.807, 2.05) is 6.07 Å². The van der Waals surface area contributed by atoms with Gasteiger partial charge in [0.2, 0.25) is 0 Å². The van der Waals surface area contributed by atoms with Gasteiger partial charge in [-0.05, 0) is 41.5 Å². The van der Waals surface area contributed by atoms with Gasteiger partial charge in [-0.1, -0.05) is 33.3 Å². The zero-order chi connectivity index (χ0) is 13.8. The second kappa shape index (κ2) is 3.84. The van der Waals surface area contributed by atoms with Crippen LogP contribution in [0.3, 0.4) is 0 Å². The van der Waals surface area contributed by atoms with Crippen LogP contribution in [0.4, 0.5) is 0 Å². The molecule has 2 nitrogen and oxygen atoms in total. The summed E-state index contributed by atoms with van der Waals surface area (Å²) in [5.74, 6) is 0.736. The van der Waals surface area contributed by atoms with Crippen LogP contribution in [0.25, 0.3) is 0 Å². The zero-order valence-corrected chi connectivity index (χ0v) is 12.0. The number of phenolic OH excluding ortho intramolecular Hbond substituents is 1. The molecule has 1 saturated carbocycles. The molecule has 1 fully saturated rings. The summed E-state index contributed by atoms with van der Waals surface area (Å²) < 4.78 is 0. The lowest BCUT2D eigenvalue weighted by atomic mass is 9.50. The number of Topliss-reactive ketones (excluding diaryl/α,β-unsaturated/α-hetero) is 1. The number of phenols is 1. The van der Waals surface area contributed by atoms with E-state index in [4.69, 9.17) is 0 Å². The molecule has 0 unspecified atom stereocenters. The first-order valence-electron chi connectivity index (χ1n) is 7.20. The molecule has 0 heterocycles. The number of carbonyl (C=O) groups excluding carboxylic acids is 1. The van der Waals surface area contributed by atoms with Gasteiger partial charge >= 0.3 is 0 Å². The molecular weight excluding hydrogens is 236 g/mol. The average molecular weight is 258 g/mol. The Kier molecular flexibility index (Phi) is 2.57. The lowest BCUT2D eigenvalue weighted by molar-refractivity contribution is -0.132. The van der Waals surface area contributed by atoms with Crippen LogP contribution in [0.5, 0.6) is 5.75 Å². The molecule has 0 spiro atoms. The molecule has 1 N–H and O–H groups in total. The number of aromatic hydroxyl groups is 1. The van der Waals surface area contributed by atoms with Crippen molar-refractivity contribution in [1.82, 2.24) is 0 Å². The quantitative estimate of drug-likeness (QED) is 0.772. The molecule has 1 aromatic rings. The van der Waals surface area contributed by atoms with E-state index in [-0.39, 0.29) is 22.5 Å². The molecule has 102 valence electrons. The normalized spacial score (nSPS) is 32.6. The van der Waals surface area contributed by atoms with Gasteiger partial charge in [0, 0.05) is 17.8 Å². The van der Waals surface area contributed by atoms with Crippen molar-refractivity contribution >= 4 is 5.78 Å². The number of carbonyl (C=O) groups is 1. The van der Waals surface area contributed by atoms with E-state index in [9.17, 15) is 9.90 Å². The first kappa shape index (κ1) is 12.7. The third kappa shape index (κ3) is 1.73. The van der Waals surface area contributed by atoms with Crippen molar-refractivity contribution in [2.75, 3.05) is 0 Å². The predicted molar refractivity (Wildman–Crippen MR) is 75.3 cm³/mol. The molecule has 3 rings (SSSR count). The van der Waals surface area contributed by atoms with Crippen molar-refractivity contribution in [3.63, 3.8) is 0 Å². The third-order valence-electron chi connectivity index (χ3n) is 5.33. The standard InChI is InChI=1S/C17H22O2/c1-16(2)7-4-8-17(3)13-6-5-12(18)9-11(13)10-14(19)15(16)17/h5-6,9,15,18H,4,7-8,10H2,1-3H3/t15-,17-/m0/s1. The topological polar surface area (TPSA) is 37.3 Å². The molecule has 0 radical (unpaired) electrons. The Labute approximate surface area is 114 Å². The highest BCUT2D eigenvalue weighted by molar-refractivity contribution is 5.88. The molecule has 0 saturated heterocycles. The third-order valence-corrected chi connectivity index (χ3v) is 5.33. The lowest BCUT2D eigenvalue weighted by Crippen LogP contribution is -2.52. The summed E-state index contributed by atoms with van der Waals surface area (Å²) in [7, 11) is 0. The summed E-state index contributed by atoms with van der Waals surface area (Å²) in [6, 6.07) is 5.57. The first-order chi connectivity index (χ1) is 8.84. The molecule has 0 amide bonds. The zero-order valence-electron chi connectivity index (χ0n) is 12.0. The summed E-state index contributed by atoms with van der Waals surface area (Å²) in [6.07, 6.45) is 3.86. The number of rotatable bonds is 0. The van der Waals surface area contributed by atoms with E-state index in [1.165, 1.54) is 12.0 Å². The molecule has 19 heavy (non-hydrogen) atoms. The summed E-state index contributed by atoms with van der Waals surface area (Å²) in [5.41, 5.74) is 2.34. The average Bonchev–Trinajstić information content (AvgIpc) is 2.26. The van der Waals surface area contributed by atoms with Crippen LogP contribution in [-0.2, 0) is 16.6 Å². The lowest BCUT2D eigenvalue weighted by Gasteiger charge is -2.53. The molecule has 2 heteroatoms. The van der Waals surface area contributed by atoms with Crippen molar-refractivity contribution in [2.24, 2.45) is 11.3 Å². The van der Waals surface area contributed by atoms with E-state index in [0.29, 0.717) is 12.2 Å². The highest BCUT2D eigenvalue weighted by Gasteiger charge is 2.53. The Hall–Kier alpha value is -1.31. The summed E-state index contributed by atoms with van der Waals surface area (Å²) in [4.78, 5) is 12.6. The molecular formula is C17H22O2. The molecule has 2 aliphatic carbocycles. The first-order valence-corrected chi connectivity index (χ1v) is 7.20. The van der Waals surface area contributed by atoms with E-state index in [1.54, 1.807) is 12.1 Å². The Morgan fingerprint density at radius 3 is 2.68 bits per heavy atom. The van der Waals surface area contributed by atoms with E-state index >= 15 is 0 Å². The van der Waals surface area contributed by atoms with Gasteiger partial charge < -0.3 is 5.11 Å². The molecule has 2 aliphatic rings. The molecule has 2 atom stereocenters. The largest absolute Gasteiger partial charge is 0.508 e. The SMILES string of the molecule is CC1(C)CCC[C@@]2(C)c3ccc(O)cc3CC(=O)[C@@H]12. The minimum Gasteiger partial charge on any atom is -0.508 e. The van der Waals surface area contributed by atoms with Crippen LogP contribution in [0.2, 0.25) is 0 Å². The minimum atomic E-state index is -0.0554. The fourth-order valence-electron chi connectivity index (χ4n) is 4.72. The Balaban J connectivity index is 2.19. The number of hydrogen-bond donors (Lipinski definition) is 1.